The molecule has 1 atom stereocenters. The maximum absolute atomic E-state index is 12.8. The first-order chi connectivity index (χ1) is 12.2. The highest BCUT2D eigenvalue weighted by Crippen LogP contribution is 2.36. The van der Waals surface area contributed by atoms with Gasteiger partial charge >= 0.3 is 0 Å². The highest BCUT2D eigenvalue weighted by molar-refractivity contribution is 5.97. The first-order valence-corrected chi connectivity index (χ1v) is 9.42. The summed E-state index contributed by atoms with van der Waals surface area (Å²) >= 11 is 0. The van der Waals surface area contributed by atoms with Crippen molar-refractivity contribution in [3.63, 3.8) is 0 Å². The number of H-pyrrole nitrogens is 1. The topological polar surface area (TPSA) is 56.9 Å². The molecule has 0 bridgehead atoms. The van der Waals surface area contributed by atoms with E-state index >= 15 is 0 Å². The van der Waals surface area contributed by atoms with Gasteiger partial charge in [-0.3, -0.25) is 4.79 Å². The number of aromatic nitrogens is 1. The molecule has 1 heterocycles. The van der Waals surface area contributed by atoms with E-state index in [1.807, 2.05) is 7.05 Å². The Morgan fingerprint density at radius 3 is 2.80 bits per heavy atom. The SMILES string of the molecule is CCC(CC)NC(=O)C(/C=C1\CCc2c[nH]c3cccc1c23)CNC. The second-order valence-electron chi connectivity index (χ2n) is 6.92. The molecule has 1 aromatic heterocycles. The Kier molecular flexibility index (Phi) is 5.59. The number of hydrogen-bond donors (Lipinski definition) is 3. The van der Waals surface area contributed by atoms with E-state index in [2.05, 4.69) is 59.9 Å². The summed E-state index contributed by atoms with van der Waals surface area (Å²) in [6.07, 6.45) is 8.26. The molecule has 2 aromatic rings. The molecule has 1 amide bonds. The number of carbonyl (C=O) groups excluding carboxylic acids is 1. The van der Waals surface area contributed by atoms with Crippen LogP contribution in [0.5, 0.6) is 0 Å². The number of rotatable bonds is 7. The summed E-state index contributed by atoms with van der Waals surface area (Å²) in [7, 11) is 1.90. The lowest BCUT2D eigenvalue weighted by molar-refractivity contribution is -0.124. The monoisotopic (exact) mass is 339 g/mol. The van der Waals surface area contributed by atoms with Crippen LogP contribution in [0.1, 0.15) is 44.2 Å². The Balaban J connectivity index is 1.90. The van der Waals surface area contributed by atoms with Gasteiger partial charge in [0.15, 0.2) is 0 Å². The highest BCUT2D eigenvalue weighted by Gasteiger charge is 2.22. The van der Waals surface area contributed by atoms with Crippen LogP contribution in [-0.2, 0) is 11.2 Å². The molecule has 1 aliphatic rings. The zero-order valence-electron chi connectivity index (χ0n) is 15.5. The van der Waals surface area contributed by atoms with E-state index in [1.165, 1.54) is 27.6 Å². The largest absolute Gasteiger partial charge is 0.361 e. The quantitative estimate of drug-likeness (QED) is 0.721. The number of nitrogens with one attached hydrogen (secondary N) is 3. The van der Waals surface area contributed by atoms with Crippen LogP contribution in [-0.4, -0.2) is 30.5 Å². The number of carbonyl (C=O) groups is 1. The molecule has 3 N–H and O–H groups in total. The zero-order valence-corrected chi connectivity index (χ0v) is 15.5. The average Bonchev–Trinajstić information content (AvgIpc) is 3.06. The van der Waals surface area contributed by atoms with Gasteiger partial charge in [0.05, 0.1) is 5.92 Å². The molecular formula is C21H29N3O. The van der Waals surface area contributed by atoms with E-state index in [-0.39, 0.29) is 17.9 Å². The minimum atomic E-state index is -0.142. The highest BCUT2D eigenvalue weighted by atomic mass is 16.1. The molecule has 1 aromatic carbocycles. The van der Waals surface area contributed by atoms with Crippen LogP contribution in [0.4, 0.5) is 0 Å². The van der Waals surface area contributed by atoms with E-state index in [0.717, 1.165) is 25.7 Å². The van der Waals surface area contributed by atoms with Crippen molar-refractivity contribution in [3.05, 3.63) is 41.6 Å². The summed E-state index contributed by atoms with van der Waals surface area (Å²) in [6.45, 7) is 4.90. The van der Waals surface area contributed by atoms with Crippen LogP contribution in [0.25, 0.3) is 16.5 Å². The van der Waals surface area contributed by atoms with Crippen LogP contribution >= 0.6 is 0 Å². The van der Waals surface area contributed by atoms with Gasteiger partial charge in [-0.25, -0.2) is 0 Å². The van der Waals surface area contributed by atoms with E-state index in [9.17, 15) is 4.79 Å². The number of aromatic amines is 1. The molecule has 1 unspecified atom stereocenters. The lowest BCUT2D eigenvalue weighted by Gasteiger charge is -2.22. The van der Waals surface area contributed by atoms with Crippen LogP contribution in [0.3, 0.4) is 0 Å². The first kappa shape index (κ1) is 17.7. The van der Waals surface area contributed by atoms with Crippen molar-refractivity contribution in [3.8, 4) is 0 Å². The van der Waals surface area contributed by atoms with E-state index < -0.39 is 0 Å². The fraction of sp³-hybridized carbons (Fsp3) is 0.476. The standard InChI is InChI=1S/C21H29N3O/c1-4-17(5-2)24-21(25)16(12-22-3)11-14-9-10-15-13-23-19-8-6-7-18(14)20(15)19/h6-8,11,13,16-17,22-23H,4-5,9-10,12H2,1-3H3,(H,24,25)/b14-11+. The second kappa shape index (κ2) is 7.87. The van der Waals surface area contributed by atoms with E-state index in [1.54, 1.807) is 0 Å². The van der Waals surface area contributed by atoms with Gasteiger partial charge in [0.1, 0.15) is 0 Å². The lowest BCUT2D eigenvalue weighted by atomic mass is 9.86. The lowest BCUT2D eigenvalue weighted by Crippen LogP contribution is -2.40. The molecule has 0 saturated carbocycles. The van der Waals surface area contributed by atoms with Gasteiger partial charge < -0.3 is 15.6 Å². The zero-order chi connectivity index (χ0) is 17.8. The Bertz CT molecular complexity index is 771. The number of hydrogen-bond acceptors (Lipinski definition) is 2. The van der Waals surface area contributed by atoms with Gasteiger partial charge in [-0.05, 0) is 55.5 Å². The van der Waals surface area contributed by atoms with Gasteiger partial charge in [0.25, 0.3) is 0 Å². The Morgan fingerprint density at radius 1 is 1.28 bits per heavy atom. The molecule has 25 heavy (non-hydrogen) atoms. The third-order valence-corrected chi connectivity index (χ3v) is 5.29. The number of aryl methyl sites for hydroxylation is 1. The van der Waals surface area contributed by atoms with Gasteiger partial charge in [-0.1, -0.05) is 32.1 Å². The number of allylic oxidation sites excluding steroid dienone is 1. The molecule has 0 aliphatic heterocycles. The van der Waals surface area contributed by atoms with Crippen molar-refractivity contribution < 1.29 is 4.79 Å². The Morgan fingerprint density at radius 2 is 2.08 bits per heavy atom. The molecule has 0 spiro atoms. The number of amides is 1. The third-order valence-electron chi connectivity index (χ3n) is 5.29. The third kappa shape index (κ3) is 3.64. The average molecular weight is 339 g/mol. The maximum Gasteiger partial charge on any atom is 0.228 e. The fourth-order valence-corrected chi connectivity index (χ4v) is 3.79. The number of benzene rings is 1. The molecule has 3 rings (SSSR count). The predicted molar refractivity (Wildman–Crippen MR) is 105 cm³/mol. The summed E-state index contributed by atoms with van der Waals surface area (Å²) in [5, 5.41) is 7.70. The summed E-state index contributed by atoms with van der Waals surface area (Å²) < 4.78 is 0. The van der Waals surface area contributed by atoms with Crippen molar-refractivity contribution in [1.29, 1.82) is 0 Å². The molecule has 4 nitrogen and oxygen atoms in total. The summed E-state index contributed by atoms with van der Waals surface area (Å²) in [6, 6.07) is 6.65. The van der Waals surface area contributed by atoms with Crippen LogP contribution < -0.4 is 10.6 Å². The fourth-order valence-electron chi connectivity index (χ4n) is 3.79. The molecular weight excluding hydrogens is 310 g/mol. The van der Waals surface area contributed by atoms with Crippen molar-refractivity contribution in [2.75, 3.05) is 13.6 Å². The first-order valence-electron chi connectivity index (χ1n) is 9.42. The van der Waals surface area contributed by atoms with Crippen LogP contribution in [0.15, 0.2) is 30.5 Å². The summed E-state index contributed by atoms with van der Waals surface area (Å²) in [4.78, 5) is 16.1. The normalized spacial score (nSPS) is 16.6. The van der Waals surface area contributed by atoms with Gasteiger partial charge in [-0.2, -0.15) is 0 Å². The molecule has 1 aliphatic carbocycles. The van der Waals surface area contributed by atoms with E-state index in [4.69, 9.17) is 0 Å². The van der Waals surface area contributed by atoms with Gasteiger partial charge in [-0.15, -0.1) is 0 Å². The minimum absolute atomic E-state index is 0.127. The van der Waals surface area contributed by atoms with Crippen molar-refractivity contribution in [2.45, 2.75) is 45.6 Å². The van der Waals surface area contributed by atoms with Crippen molar-refractivity contribution >= 4 is 22.4 Å². The van der Waals surface area contributed by atoms with Crippen LogP contribution in [0, 0.1) is 5.92 Å². The second-order valence-corrected chi connectivity index (χ2v) is 6.92. The Hall–Kier alpha value is -2.07. The molecule has 0 saturated heterocycles. The maximum atomic E-state index is 12.8. The van der Waals surface area contributed by atoms with Gasteiger partial charge in [0, 0.05) is 29.7 Å². The van der Waals surface area contributed by atoms with E-state index in [0.29, 0.717) is 6.54 Å². The predicted octanol–water partition coefficient (Wildman–Crippen LogP) is 3.64. The summed E-state index contributed by atoms with van der Waals surface area (Å²) in [5.41, 5.74) is 5.13. The van der Waals surface area contributed by atoms with Crippen molar-refractivity contribution in [1.82, 2.24) is 15.6 Å². The molecule has 134 valence electrons. The molecule has 0 radical (unpaired) electrons. The smallest absolute Gasteiger partial charge is 0.228 e. The van der Waals surface area contributed by atoms with Crippen molar-refractivity contribution in [2.24, 2.45) is 5.92 Å². The molecule has 0 fully saturated rings. The molecule has 4 heteroatoms. The van der Waals surface area contributed by atoms with Gasteiger partial charge in [0.2, 0.25) is 5.91 Å². The Labute approximate surface area is 150 Å². The minimum Gasteiger partial charge on any atom is -0.361 e. The summed E-state index contributed by atoms with van der Waals surface area (Å²) in [5.74, 6) is -0.0149. The van der Waals surface area contributed by atoms with Crippen LogP contribution in [0.2, 0.25) is 0 Å².